The van der Waals surface area contributed by atoms with Crippen LogP contribution in [-0.2, 0) is 0 Å². The van der Waals surface area contributed by atoms with Crippen LogP contribution in [0.2, 0.25) is 0 Å². The molecule has 0 spiro atoms. The summed E-state index contributed by atoms with van der Waals surface area (Å²) in [7, 11) is 0. The maximum absolute atomic E-state index is 5.81. The Bertz CT molecular complexity index is 487. The fourth-order valence-corrected chi connectivity index (χ4v) is 2.56. The van der Waals surface area contributed by atoms with E-state index in [1.165, 1.54) is 16.0 Å². The van der Waals surface area contributed by atoms with Crippen molar-refractivity contribution in [1.82, 2.24) is 0 Å². The summed E-state index contributed by atoms with van der Waals surface area (Å²) in [6.45, 7) is 4.97. The van der Waals surface area contributed by atoms with Crippen LogP contribution in [0.4, 0.5) is 5.00 Å². The third-order valence-corrected chi connectivity index (χ3v) is 3.45. The van der Waals surface area contributed by atoms with Gasteiger partial charge in [0.1, 0.15) is 5.75 Å². The van der Waals surface area contributed by atoms with Gasteiger partial charge in [0.15, 0.2) is 0 Å². The van der Waals surface area contributed by atoms with Gasteiger partial charge in [0.05, 0.1) is 11.6 Å². The number of thiophene rings is 1. The fourth-order valence-electron chi connectivity index (χ4n) is 1.74. The molecule has 0 saturated heterocycles. The van der Waals surface area contributed by atoms with Gasteiger partial charge in [-0.2, -0.15) is 0 Å². The summed E-state index contributed by atoms with van der Waals surface area (Å²) >= 11 is 1.63. The fraction of sp³-hybridized carbons (Fsp3) is 0.286. The number of anilines is 1. The molecule has 90 valence electrons. The van der Waals surface area contributed by atoms with Crippen LogP contribution >= 0.6 is 11.3 Å². The van der Waals surface area contributed by atoms with Crippen molar-refractivity contribution >= 4 is 16.3 Å². The van der Waals surface area contributed by atoms with E-state index >= 15 is 0 Å². The van der Waals surface area contributed by atoms with Crippen LogP contribution < -0.4 is 10.5 Å². The van der Waals surface area contributed by atoms with Crippen molar-refractivity contribution in [3.8, 4) is 16.9 Å². The van der Waals surface area contributed by atoms with Gasteiger partial charge in [-0.25, -0.2) is 0 Å². The van der Waals surface area contributed by atoms with Gasteiger partial charge in [-0.05, 0) is 42.7 Å². The molecule has 2 N–H and O–H groups in total. The Hall–Kier alpha value is -1.48. The van der Waals surface area contributed by atoms with Crippen LogP contribution in [0.1, 0.15) is 18.2 Å². The summed E-state index contributed by atoms with van der Waals surface area (Å²) in [5.41, 5.74) is 8.22. The normalized spacial score (nSPS) is 10.5. The molecule has 3 heteroatoms. The van der Waals surface area contributed by atoms with E-state index in [1.807, 2.05) is 18.2 Å². The van der Waals surface area contributed by atoms with Crippen molar-refractivity contribution < 1.29 is 4.74 Å². The zero-order valence-electron chi connectivity index (χ0n) is 10.2. The van der Waals surface area contributed by atoms with Gasteiger partial charge in [0.2, 0.25) is 0 Å². The minimum absolute atomic E-state index is 0.768. The van der Waals surface area contributed by atoms with Crippen LogP contribution in [0.3, 0.4) is 0 Å². The first-order valence-electron chi connectivity index (χ1n) is 5.80. The van der Waals surface area contributed by atoms with Crippen molar-refractivity contribution in [3.05, 3.63) is 35.2 Å². The van der Waals surface area contributed by atoms with E-state index in [-0.39, 0.29) is 0 Å². The largest absolute Gasteiger partial charge is 0.494 e. The average molecular weight is 247 g/mol. The van der Waals surface area contributed by atoms with Gasteiger partial charge in [0, 0.05) is 4.88 Å². The first-order valence-corrected chi connectivity index (χ1v) is 6.61. The lowest BCUT2D eigenvalue weighted by molar-refractivity contribution is 0.317. The Morgan fingerprint density at radius 3 is 2.47 bits per heavy atom. The Labute approximate surface area is 106 Å². The van der Waals surface area contributed by atoms with Crippen molar-refractivity contribution in [1.29, 1.82) is 0 Å². The van der Waals surface area contributed by atoms with E-state index in [4.69, 9.17) is 10.5 Å². The first kappa shape index (κ1) is 12.0. The maximum Gasteiger partial charge on any atom is 0.119 e. The van der Waals surface area contributed by atoms with E-state index in [0.717, 1.165) is 23.8 Å². The molecule has 0 bridgehead atoms. The second kappa shape index (κ2) is 5.23. The number of nitrogen functional groups attached to an aromatic ring is 1. The number of ether oxygens (including phenoxy) is 1. The molecule has 0 atom stereocenters. The number of hydrogen-bond acceptors (Lipinski definition) is 3. The Kier molecular flexibility index (Phi) is 3.69. The van der Waals surface area contributed by atoms with Crippen LogP contribution in [-0.4, -0.2) is 6.61 Å². The van der Waals surface area contributed by atoms with Crippen molar-refractivity contribution in [2.75, 3.05) is 12.3 Å². The topological polar surface area (TPSA) is 35.2 Å². The van der Waals surface area contributed by atoms with Gasteiger partial charge in [-0.1, -0.05) is 19.1 Å². The molecule has 0 fully saturated rings. The highest BCUT2D eigenvalue weighted by atomic mass is 32.1. The summed E-state index contributed by atoms with van der Waals surface area (Å²) in [4.78, 5) is 1.25. The maximum atomic E-state index is 5.81. The predicted octanol–water partition coefficient (Wildman–Crippen LogP) is 4.09. The van der Waals surface area contributed by atoms with Gasteiger partial charge in [0.25, 0.3) is 0 Å². The SMILES string of the molecule is CCCOc1ccc(-c2cc(N)sc2C)cc1. The van der Waals surface area contributed by atoms with Gasteiger partial charge < -0.3 is 10.5 Å². The quantitative estimate of drug-likeness (QED) is 0.883. The van der Waals surface area contributed by atoms with E-state index < -0.39 is 0 Å². The first-order chi connectivity index (χ1) is 8.20. The van der Waals surface area contributed by atoms with E-state index in [2.05, 4.69) is 26.0 Å². The molecule has 0 saturated carbocycles. The molecule has 0 aliphatic heterocycles. The second-order valence-electron chi connectivity index (χ2n) is 3.99. The van der Waals surface area contributed by atoms with Crippen molar-refractivity contribution in [2.24, 2.45) is 0 Å². The van der Waals surface area contributed by atoms with E-state index in [9.17, 15) is 0 Å². The molecule has 0 radical (unpaired) electrons. The summed E-state index contributed by atoms with van der Waals surface area (Å²) in [6.07, 6.45) is 1.03. The predicted molar refractivity (Wildman–Crippen MR) is 74.7 cm³/mol. The number of hydrogen-bond donors (Lipinski definition) is 1. The van der Waals surface area contributed by atoms with Crippen LogP contribution in [0.15, 0.2) is 30.3 Å². The molecule has 1 heterocycles. The number of nitrogens with two attached hydrogens (primary N) is 1. The van der Waals surface area contributed by atoms with Crippen LogP contribution in [0, 0.1) is 6.92 Å². The highest BCUT2D eigenvalue weighted by molar-refractivity contribution is 7.16. The van der Waals surface area contributed by atoms with Crippen LogP contribution in [0.5, 0.6) is 5.75 Å². The molecule has 0 unspecified atom stereocenters. The molecule has 17 heavy (non-hydrogen) atoms. The minimum atomic E-state index is 0.768. The second-order valence-corrected chi connectivity index (χ2v) is 5.28. The molecule has 2 rings (SSSR count). The molecule has 1 aromatic heterocycles. The summed E-state index contributed by atoms with van der Waals surface area (Å²) in [5, 5.41) is 0.865. The van der Waals surface area contributed by atoms with Crippen molar-refractivity contribution in [2.45, 2.75) is 20.3 Å². The molecule has 2 aromatic rings. The molecule has 1 aromatic carbocycles. The van der Waals surface area contributed by atoms with E-state index in [1.54, 1.807) is 11.3 Å². The minimum Gasteiger partial charge on any atom is -0.494 e. The summed E-state index contributed by atoms with van der Waals surface area (Å²) in [5.74, 6) is 0.927. The third kappa shape index (κ3) is 2.80. The number of rotatable bonds is 4. The molecule has 2 nitrogen and oxygen atoms in total. The Morgan fingerprint density at radius 1 is 1.24 bits per heavy atom. The van der Waals surface area contributed by atoms with Gasteiger partial charge in [-0.15, -0.1) is 11.3 Å². The molecule has 0 aliphatic rings. The standard InChI is InChI=1S/C14H17NOS/c1-3-8-16-12-6-4-11(5-7-12)13-9-14(15)17-10(13)2/h4-7,9H,3,8,15H2,1-2H3. The smallest absolute Gasteiger partial charge is 0.119 e. The lowest BCUT2D eigenvalue weighted by Gasteiger charge is -2.05. The molecular formula is C14H17NOS. The highest BCUT2D eigenvalue weighted by Gasteiger charge is 2.05. The molecule has 0 amide bonds. The Balaban J connectivity index is 2.20. The lowest BCUT2D eigenvalue weighted by Crippen LogP contribution is -1.94. The zero-order valence-corrected chi connectivity index (χ0v) is 11.0. The van der Waals surface area contributed by atoms with Crippen LogP contribution in [0.25, 0.3) is 11.1 Å². The summed E-state index contributed by atoms with van der Waals surface area (Å²) < 4.78 is 5.56. The van der Waals surface area contributed by atoms with E-state index in [0.29, 0.717) is 0 Å². The molecule has 0 aliphatic carbocycles. The average Bonchev–Trinajstić information content (AvgIpc) is 2.66. The zero-order chi connectivity index (χ0) is 12.3. The summed E-state index contributed by atoms with van der Waals surface area (Å²) in [6, 6.07) is 10.2. The van der Waals surface area contributed by atoms with Gasteiger partial charge >= 0.3 is 0 Å². The van der Waals surface area contributed by atoms with Crippen molar-refractivity contribution in [3.63, 3.8) is 0 Å². The number of benzene rings is 1. The monoisotopic (exact) mass is 247 g/mol. The number of aryl methyl sites for hydroxylation is 1. The highest BCUT2D eigenvalue weighted by Crippen LogP contribution is 2.33. The Morgan fingerprint density at radius 2 is 1.94 bits per heavy atom. The lowest BCUT2D eigenvalue weighted by atomic mass is 10.1. The van der Waals surface area contributed by atoms with Gasteiger partial charge in [-0.3, -0.25) is 0 Å². The molecular weight excluding hydrogens is 230 g/mol. The third-order valence-electron chi connectivity index (χ3n) is 2.58.